The van der Waals surface area contributed by atoms with Crippen LogP contribution in [-0.2, 0) is 19.5 Å². The zero-order valence-electron chi connectivity index (χ0n) is 16.6. The van der Waals surface area contributed by atoms with Gasteiger partial charge in [-0.1, -0.05) is 0 Å². The lowest BCUT2D eigenvalue weighted by molar-refractivity contribution is -0.0249. The fourth-order valence-electron chi connectivity index (χ4n) is 3.12. The zero-order chi connectivity index (χ0) is 21.8. The summed E-state index contributed by atoms with van der Waals surface area (Å²) in [7, 11) is -2.64. The fourth-order valence-corrected chi connectivity index (χ4v) is 5.88. The van der Waals surface area contributed by atoms with E-state index in [1.54, 1.807) is 28.5 Å². The topological polar surface area (TPSA) is 113 Å². The summed E-state index contributed by atoms with van der Waals surface area (Å²) in [5.74, 6) is -0.0469. The third kappa shape index (κ3) is 4.61. The van der Waals surface area contributed by atoms with E-state index in [9.17, 15) is 13.2 Å². The molecule has 1 fully saturated rings. The molecule has 12 heteroatoms. The maximum absolute atomic E-state index is 13.1. The molecule has 1 unspecified atom stereocenters. The summed E-state index contributed by atoms with van der Waals surface area (Å²) >= 11 is 1.04. The van der Waals surface area contributed by atoms with Crippen molar-refractivity contribution in [2.24, 2.45) is 0 Å². The molecule has 0 spiro atoms. The van der Waals surface area contributed by atoms with Crippen molar-refractivity contribution in [3.8, 4) is 11.4 Å². The highest BCUT2D eigenvalue weighted by Crippen LogP contribution is 2.27. The van der Waals surface area contributed by atoms with Crippen molar-refractivity contribution < 1.29 is 27.4 Å². The van der Waals surface area contributed by atoms with Crippen LogP contribution in [0.15, 0.2) is 53.3 Å². The molecule has 3 heterocycles. The fraction of sp³-hybridized carbons (Fsp3) is 0.316. The van der Waals surface area contributed by atoms with E-state index in [2.05, 4.69) is 10.1 Å². The molecule has 3 aromatic rings. The second-order valence-corrected chi connectivity index (χ2v) is 9.43. The Bertz CT molecular complexity index is 1130. The number of aromatic nitrogens is 3. The van der Waals surface area contributed by atoms with E-state index in [0.717, 1.165) is 17.0 Å². The summed E-state index contributed by atoms with van der Waals surface area (Å²) in [6, 6.07) is 8.69. The third-order valence-corrected chi connectivity index (χ3v) is 7.61. The second kappa shape index (κ2) is 9.14. The molecule has 0 bridgehead atoms. The maximum Gasteiger partial charge on any atom is 0.349 e. The summed E-state index contributed by atoms with van der Waals surface area (Å²) in [6.07, 6.45) is 2.60. The van der Waals surface area contributed by atoms with Crippen molar-refractivity contribution in [1.29, 1.82) is 0 Å². The van der Waals surface area contributed by atoms with E-state index in [4.69, 9.17) is 14.2 Å². The number of hydrogen-bond donors (Lipinski definition) is 0. The highest BCUT2D eigenvalue weighted by Gasteiger charge is 2.34. The number of sulfonamides is 1. The number of methoxy groups -OCH3 is 1. The van der Waals surface area contributed by atoms with Crippen LogP contribution in [0, 0.1) is 0 Å². The van der Waals surface area contributed by atoms with Crippen molar-refractivity contribution in [1.82, 2.24) is 19.1 Å². The van der Waals surface area contributed by atoms with Gasteiger partial charge in [-0.05, 0) is 35.7 Å². The number of ether oxygens (including phenoxy) is 3. The minimum atomic E-state index is -3.86. The molecule has 2 aromatic heterocycles. The van der Waals surface area contributed by atoms with Crippen LogP contribution in [-0.4, -0.2) is 73.0 Å². The number of carbonyl (C=O) groups excluding carboxylic acids is 1. The smallest absolute Gasteiger partial charge is 0.349 e. The molecule has 1 aliphatic rings. The molecule has 0 N–H and O–H groups in total. The first-order valence-corrected chi connectivity index (χ1v) is 11.7. The molecular weight excluding hydrogens is 444 g/mol. The molecule has 10 nitrogen and oxygen atoms in total. The van der Waals surface area contributed by atoms with Crippen LogP contribution in [0.1, 0.15) is 9.67 Å². The Balaban J connectivity index is 1.40. The van der Waals surface area contributed by atoms with Crippen LogP contribution in [0.3, 0.4) is 0 Å². The van der Waals surface area contributed by atoms with Crippen molar-refractivity contribution in [2.45, 2.75) is 11.0 Å². The minimum Gasteiger partial charge on any atom is -0.491 e. The highest BCUT2D eigenvalue weighted by atomic mass is 32.2. The third-order valence-electron chi connectivity index (χ3n) is 4.68. The van der Waals surface area contributed by atoms with Gasteiger partial charge in [-0.2, -0.15) is 9.40 Å². The van der Waals surface area contributed by atoms with E-state index in [-0.39, 0.29) is 36.1 Å². The van der Waals surface area contributed by atoms with Crippen LogP contribution in [0.25, 0.3) is 5.69 Å². The van der Waals surface area contributed by atoms with Gasteiger partial charge >= 0.3 is 5.97 Å². The van der Waals surface area contributed by atoms with Crippen molar-refractivity contribution in [3.63, 3.8) is 0 Å². The molecule has 1 aliphatic heterocycles. The second-order valence-electron chi connectivity index (χ2n) is 6.61. The number of rotatable bonds is 7. The van der Waals surface area contributed by atoms with Crippen LogP contribution in [0.5, 0.6) is 5.75 Å². The molecule has 0 saturated carbocycles. The van der Waals surface area contributed by atoms with Gasteiger partial charge in [0.05, 0.1) is 19.4 Å². The molecule has 1 atom stereocenters. The molecule has 0 amide bonds. The number of esters is 1. The lowest BCUT2D eigenvalue weighted by atomic mass is 10.3. The first kappa shape index (κ1) is 21.4. The lowest BCUT2D eigenvalue weighted by Crippen LogP contribution is -2.47. The largest absolute Gasteiger partial charge is 0.491 e. The number of benzene rings is 1. The molecule has 1 aromatic carbocycles. The maximum atomic E-state index is 13.1. The van der Waals surface area contributed by atoms with Gasteiger partial charge in [-0.25, -0.2) is 22.9 Å². The lowest BCUT2D eigenvalue weighted by Gasteiger charge is -2.32. The van der Waals surface area contributed by atoms with Gasteiger partial charge in [0.15, 0.2) is 0 Å². The van der Waals surface area contributed by atoms with E-state index in [0.29, 0.717) is 5.75 Å². The summed E-state index contributed by atoms with van der Waals surface area (Å²) in [5, 5.41) is 5.62. The average molecular weight is 465 g/mol. The summed E-state index contributed by atoms with van der Waals surface area (Å²) in [4.78, 5) is 15.8. The summed E-state index contributed by atoms with van der Waals surface area (Å²) in [6.45, 7) is 0.732. The highest BCUT2D eigenvalue weighted by molar-refractivity contribution is 7.89. The van der Waals surface area contributed by atoms with Gasteiger partial charge in [0.25, 0.3) is 0 Å². The van der Waals surface area contributed by atoms with Crippen molar-refractivity contribution in [2.75, 3.05) is 33.4 Å². The van der Waals surface area contributed by atoms with Gasteiger partial charge in [-0.15, -0.1) is 11.3 Å². The number of carbonyl (C=O) groups is 1. The summed E-state index contributed by atoms with van der Waals surface area (Å²) in [5.41, 5.74) is 0.841. The molecule has 164 valence electrons. The molecule has 1 saturated heterocycles. The first-order chi connectivity index (χ1) is 15.0. The van der Waals surface area contributed by atoms with E-state index < -0.39 is 22.1 Å². The van der Waals surface area contributed by atoms with Crippen LogP contribution in [0.2, 0.25) is 0 Å². The van der Waals surface area contributed by atoms with E-state index >= 15 is 0 Å². The van der Waals surface area contributed by atoms with Gasteiger partial charge in [0.1, 0.15) is 40.9 Å². The van der Waals surface area contributed by atoms with E-state index in [1.807, 2.05) is 12.1 Å². The van der Waals surface area contributed by atoms with Gasteiger partial charge < -0.3 is 14.2 Å². The monoisotopic (exact) mass is 464 g/mol. The quantitative estimate of drug-likeness (QED) is 0.485. The Kier molecular flexibility index (Phi) is 6.32. The Morgan fingerprint density at radius 1 is 1.29 bits per heavy atom. The number of nitrogens with zero attached hydrogens (tertiary/aromatic N) is 4. The minimum absolute atomic E-state index is 0.0466. The van der Waals surface area contributed by atoms with Crippen LogP contribution < -0.4 is 4.74 Å². The average Bonchev–Trinajstić information content (AvgIpc) is 3.50. The molecule has 0 aliphatic carbocycles. The van der Waals surface area contributed by atoms with E-state index in [1.165, 1.54) is 23.8 Å². The molecule has 31 heavy (non-hydrogen) atoms. The first-order valence-electron chi connectivity index (χ1n) is 9.34. The standard InChI is InChI=1S/C19H20N4O6S2/c1-27-19(24)18-17(6-9-30-18)31(25,26)22-7-8-28-16(10-22)11-29-15-4-2-14(3-5-15)23-13-20-12-21-23/h2-6,9,12-13,16H,7-8,10-11H2,1H3. The Morgan fingerprint density at radius 2 is 2.10 bits per heavy atom. The van der Waals surface area contributed by atoms with Crippen LogP contribution >= 0.6 is 11.3 Å². The predicted molar refractivity (Wildman–Crippen MR) is 111 cm³/mol. The number of thiophene rings is 1. The molecule has 4 rings (SSSR count). The van der Waals surface area contributed by atoms with Crippen molar-refractivity contribution in [3.05, 3.63) is 53.2 Å². The molecular formula is C19H20N4O6S2. The summed E-state index contributed by atoms with van der Waals surface area (Å²) < 4.78 is 45.2. The number of hydrogen-bond acceptors (Lipinski definition) is 9. The van der Waals surface area contributed by atoms with Gasteiger partial charge in [0, 0.05) is 13.1 Å². The SMILES string of the molecule is COC(=O)c1sccc1S(=O)(=O)N1CCOC(COc2ccc(-n3cncn3)cc2)C1. The Labute approximate surface area is 183 Å². The van der Waals surface area contributed by atoms with Crippen molar-refractivity contribution >= 4 is 27.3 Å². The van der Waals surface area contributed by atoms with Crippen LogP contribution in [0.4, 0.5) is 0 Å². The Morgan fingerprint density at radius 3 is 2.81 bits per heavy atom. The Hall–Kier alpha value is -2.80. The predicted octanol–water partition coefficient (Wildman–Crippen LogP) is 1.58. The number of morpholine rings is 1. The molecule has 0 radical (unpaired) electrons. The normalized spacial score (nSPS) is 17.4. The van der Waals surface area contributed by atoms with Gasteiger partial charge in [0.2, 0.25) is 10.0 Å². The zero-order valence-corrected chi connectivity index (χ0v) is 18.2. The van der Waals surface area contributed by atoms with Gasteiger partial charge in [-0.3, -0.25) is 0 Å².